The number of hydrogen-bond acceptors (Lipinski definition) is 5. The summed E-state index contributed by atoms with van der Waals surface area (Å²) in [7, 11) is 1.38. The van der Waals surface area contributed by atoms with Crippen molar-refractivity contribution in [3.05, 3.63) is 71.8 Å². The van der Waals surface area contributed by atoms with Crippen molar-refractivity contribution in [2.75, 3.05) is 20.1 Å². The van der Waals surface area contributed by atoms with Gasteiger partial charge >= 0.3 is 12.0 Å². The summed E-state index contributed by atoms with van der Waals surface area (Å²) in [6.07, 6.45) is -0.568. The zero-order valence-electron chi connectivity index (χ0n) is 17.2. The van der Waals surface area contributed by atoms with Gasteiger partial charge in [0.25, 0.3) is 5.91 Å². The summed E-state index contributed by atoms with van der Waals surface area (Å²) >= 11 is 0. The number of imide groups is 1. The molecule has 0 radical (unpaired) electrons. The average Bonchev–Trinajstić information content (AvgIpc) is 3.17. The van der Waals surface area contributed by atoms with Crippen LogP contribution >= 0.6 is 0 Å². The molecule has 0 aliphatic carbocycles. The molecule has 2 atom stereocenters. The van der Waals surface area contributed by atoms with Gasteiger partial charge in [0.05, 0.1) is 5.92 Å². The molecule has 1 aliphatic rings. The van der Waals surface area contributed by atoms with Gasteiger partial charge in [0.15, 0.2) is 0 Å². The van der Waals surface area contributed by atoms with Crippen molar-refractivity contribution in [2.45, 2.75) is 18.9 Å². The minimum absolute atomic E-state index is 0.0339. The van der Waals surface area contributed by atoms with E-state index >= 15 is 0 Å². The number of carbonyl (C=O) groups excluding carboxylic acids is 4. The number of esters is 1. The van der Waals surface area contributed by atoms with Crippen LogP contribution in [-0.2, 0) is 25.5 Å². The average molecular weight is 423 g/mol. The van der Waals surface area contributed by atoms with Crippen molar-refractivity contribution in [2.24, 2.45) is 5.92 Å². The van der Waals surface area contributed by atoms with Crippen LogP contribution in [0.25, 0.3) is 0 Å². The predicted octanol–water partition coefficient (Wildman–Crippen LogP) is 1.82. The predicted molar refractivity (Wildman–Crippen MR) is 113 cm³/mol. The normalized spacial score (nSPS) is 16.5. The van der Waals surface area contributed by atoms with Crippen molar-refractivity contribution in [1.29, 1.82) is 0 Å². The van der Waals surface area contributed by atoms with Crippen LogP contribution < -0.4 is 10.6 Å². The highest BCUT2D eigenvalue weighted by Gasteiger charge is 2.37. The third kappa shape index (κ3) is 5.91. The van der Waals surface area contributed by atoms with E-state index in [0.29, 0.717) is 18.5 Å². The molecule has 31 heavy (non-hydrogen) atoms. The number of nitrogens with one attached hydrogen (secondary N) is 2. The second-order valence-corrected chi connectivity index (χ2v) is 7.27. The van der Waals surface area contributed by atoms with Gasteiger partial charge < -0.3 is 15.0 Å². The zero-order valence-corrected chi connectivity index (χ0v) is 17.2. The molecule has 2 N–H and O–H groups in total. The Morgan fingerprint density at radius 1 is 1.06 bits per heavy atom. The van der Waals surface area contributed by atoms with Gasteiger partial charge in [0, 0.05) is 32.1 Å². The van der Waals surface area contributed by atoms with E-state index in [4.69, 9.17) is 4.74 Å². The molecular formula is C23H25N3O5. The molecule has 2 aromatic rings. The van der Waals surface area contributed by atoms with E-state index in [-0.39, 0.29) is 18.9 Å². The molecule has 1 saturated heterocycles. The van der Waals surface area contributed by atoms with Crippen LogP contribution in [0.1, 0.15) is 23.7 Å². The van der Waals surface area contributed by atoms with Gasteiger partial charge in [0.2, 0.25) is 12.0 Å². The summed E-state index contributed by atoms with van der Waals surface area (Å²) in [6, 6.07) is 17.5. The van der Waals surface area contributed by atoms with Crippen LogP contribution in [0, 0.1) is 5.92 Å². The Kier molecular flexibility index (Phi) is 7.37. The molecule has 3 rings (SSSR count). The number of rotatable bonds is 7. The maximum Gasteiger partial charge on any atom is 0.321 e. The minimum Gasteiger partial charge on any atom is -0.447 e. The molecule has 1 heterocycles. The maximum atomic E-state index is 12.8. The second kappa shape index (κ2) is 10.4. The Labute approximate surface area is 180 Å². The van der Waals surface area contributed by atoms with Crippen molar-refractivity contribution in [3.8, 4) is 0 Å². The third-order valence-electron chi connectivity index (χ3n) is 5.10. The quantitative estimate of drug-likeness (QED) is 0.661. The van der Waals surface area contributed by atoms with Gasteiger partial charge in [-0.05, 0) is 12.0 Å². The molecule has 0 unspecified atom stereocenters. The minimum atomic E-state index is -1.29. The first-order valence-corrected chi connectivity index (χ1v) is 10.1. The third-order valence-corrected chi connectivity index (χ3v) is 5.10. The van der Waals surface area contributed by atoms with E-state index in [2.05, 4.69) is 10.6 Å². The number of carbonyl (C=O) groups is 4. The first-order valence-electron chi connectivity index (χ1n) is 10.1. The lowest BCUT2D eigenvalue weighted by Crippen LogP contribution is -2.41. The van der Waals surface area contributed by atoms with Crippen LogP contribution in [0.4, 0.5) is 4.79 Å². The smallest absolute Gasteiger partial charge is 0.321 e. The number of amides is 4. The molecule has 8 heteroatoms. The van der Waals surface area contributed by atoms with E-state index in [1.165, 1.54) is 7.05 Å². The lowest BCUT2D eigenvalue weighted by atomic mass is 10.1. The topological polar surface area (TPSA) is 105 Å². The molecule has 1 fully saturated rings. The Bertz CT molecular complexity index is 933. The number of nitrogens with zero attached hydrogens (tertiary/aromatic N) is 1. The van der Waals surface area contributed by atoms with Crippen LogP contribution in [0.15, 0.2) is 60.7 Å². The monoisotopic (exact) mass is 423 g/mol. The van der Waals surface area contributed by atoms with Gasteiger partial charge in [-0.25, -0.2) is 4.79 Å². The van der Waals surface area contributed by atoms with E-state index in [9.17, 15) is 19.2 Å². The van der Waals surface area contributed by atoms with Gasteiger partial charge in [-0.1, -0.05) is 60.7 Å². The van der Waals surface area contributed by atoms with E-state index in [0.717, 1.165) is 5.56 Å². The molecular weight excluding hydrogens is 398 g/mol. The SMILES string of the molecule is CNC(=O)NC(=O)[C@H](OC(=O)[C@H]1CC(=O)N(CCc2ccccc2)C1)c1ccccc1. The van der Waals surface area contributed by atoms with E-state index in [1.54, 1.807) is 35.2 Å². The van der Waals surface area contributed by atoms with Crippen molar-refractivity contribution in [3.63, 3.8) is 0 Å². The van der Waals surface area contributed by atoms with Gasteiger partial charge in [0.1, 0.15) is 0 Å². The fourth-order valence-electron chi connectivity index (χ4n) is 3.41. The van der Waals surface area contributed by atoms with Gasteiger partial charge in [-0.15, -0.1) is 0 Å². The fraction of sp³-hybridized carbons (Fsp3) is 0.304. The molecule has 8 nitrogen and oxygen atoms in total. The number of likely N-dealkylation sites (tertiary alicyclic amines) is 1. The summed E-state index contributed by atoms with van der Waals surface area (Å²) in [4.78, 5) is 50.8. The van der Waals surface area contributed by atoms with Crippen molar-refractivity contribution >= 4 is 23.8 Å². The number of benzene rings is 2. The Hall–Kier alpha value is -3.68. The first-order chi connectivity index (χ1) is 15.0. The summed E-state index contributed by atoms with van der Waals surface area (Å²) in [6.45, 7) is 0.745. The Morgan fingerprint density at radius 2 is 1.71 bits per heavy atom. The summed E-state index contributed by atoms with van der Waals surface area (Å²) in [5.41, 5.74) is 1.54. The molecule has 0 spiro atoms. The number of ether oxygens (including phenoxy) is 1. The Balaban J connectivity index is 1.63. The highest BCUT2D eigenvalue weighted by molar-refractivity contribution is 5.98. The van der Waals surface area contributed by atoms with Crippen LogP contribution in [-0.4, -0.2) is 48.9 Å². The van der Waals surface area contributed by atoms with Crippen molar-refractivity contribution < 1.29 is 23.9 Å². The molecule has 2 aromatic carbocycles. The molecule has 162 valence electrons. The standard InChI is InChI=1S/C23H25N3O5/c1-24-23(30)25-21(28)20(17-10-6-3-7-11-17)31-22(29)18-14-19(27)26(15-18)13-12-16-8-4-2-5-9-16/h2-11,18,20H,12-15H2,1H3,(H2,24,25,28,30)/t18-,20+/m0/s1. The summed E-state index contributed by atoms with van der Waals surface area (Å²) < 4.78 is 5.48. The fourth-order valence-corrected chi connectivity index (χ4v) is 3.41. The summed E-state index contributed by atoms with van der Waals surface area (Å²) in [5.74, 6) is -2.19. The van der Waals surface area contributed by atoms with E-state index in [1.807, 2.05) is 30.3 Å². The lowest BCUT2D eigenvalue weighted by molar-refractivity contribution is -0.159. The summed E-state index contributed by atoms with van der Waals surface area (Å²) in [5, 5.41) is 4.42. The van der Waals surface area contributed by atoms with Gasteiger partial charge in [-0.2, -0.15) is 0 Å². The molecule has 0 saturated carbocycles. The zero-order chi connectivity index (χ0) is 22.2. The first kappa shape index (κ1) is 22.0. The maximum absolute atomic E-state index is 12.8. The number of urea groups is 1. The Morgan fingerprint density at radius 3 is 2.35 bits per heavy atom. The van der Waals surface area contributed by atoms with Crippen molar-refractivity contribution in [1.82, 2.24) is 15.5 Å². The molecule has 4 amide bonds. The lowest BCUT2D eigenvalue weighted by Gasteiger charge is -2.20. The highest BCUT2D eigenvalue weighted by Crippen LogP contribution is 2.24. The molecule has 0 bridgehead atoms. The van der Waals surface area contributed by atoms with E-state index < -0.39 is 29.9 Å². The number of hydrogen-bond donors (Lipinski definition) is 2. The van der Waals surface area contributed by atoms with Crippen LogP contribution in [0.5, 0.6) is 0 Å². The van der Waals surface area contributed by atoms with Crippen LogP contribution in [0.2, 0.25) is 0 Å². The molecule has 1 aliphatic heterocycles. The second-order valence-electron chi connectivity index (χ2n) is 7.27. The largest absolute Gasteiger partial charge is 0.447 e. The highest BCUT2D eigenvalue weighted by atomic mass is 16.5. The van der Waals surface area contributed by atoms with Crippen LogP contribution in [0.3, 0.4) is 0 Å². The molecule has 0 aromatic heterocycles. The van der Waals surface area contributed by atoms with Gasteiger partial charge in [-0.3, -0.25) is 19.7 Å².